The van der Waals surface area contributed by atoms with Crippen molar-refractivity contribution in [1.82, 2.24) is 24.9 Å². The molecule has 4 aromatic rings. The Hall–Kier alpha value is -3.81. The number of halogens is 2. The summed E-state index contributed by atoms with van der Waals surface area (Å²) in [5.74, 6) is -1.85. The fourth-order valence-corrected chi connectivity index (χ4v) is 3.23. The van der Waals surface area contributed by atoms with Crippen molar-refractivity contribution in [2.75, 3.05) is 0 Å². The van der Waals surface area contributed by atoms with Crippen LogP contribution in [0.15, 0.2) is 67.1 Å². The molecule has 0 saturated carbocycles. The minimum Gasteiger partial charge on any atom is -0.348 e. The maximum atomic E-state index is 14.2. The molecule has 0 aliphatic carbocycles. The van der Waals surface area contributed by atoms with Crippen LogP contribution in [0.5, 0.6) is 0 Å². The van der Waals surface area contributed by atoms with Crippen molar-refractivity contribution in [2.24, 2.45) is 7.05 Å². The number of hydrogen-bond acceptors (Lipinski definition) is 3. The molecule has 0 aliphatic rings. The number of amides is 1. The predicted octanol–water partition coefficient (Wildman–Crippen LogP) is 3.54. The SMILES string of the molecule is Cn1cc(C(=O)NCc2cccc(Cn3cccn3)c2)c(-c2ccc(F)cc2F)n1. The van der Waals surface area contributed by atoms with Gasteiger partial charge >= 0.3 is 0 Å². The summed E-state index contributed by atoms with van der Waals surface area (Å²) >= 11 is 0. The van der Waals surface area contributed by atoms with E-state index >= 15 is 0 Å². The highest BCUT2D eigenvalue weighted by molar-refractivity contribution is 5.99. The molecule has 0 bridgehead atoms. The molecule has 152 valence electrons. The lowest BCUT2D eigenvalue weighted by molar-refractivity contribution is 0.0951. The molecule has 1 N–H and O–H groups in total. The first-order valence-corrected chi connectivity index (χ1v) is 9.32. The molecule has 2 aromatic heterocycles. The number of hydrogen-bond donors (Lipinski definition) is 1. The van der Waals surface area contributed by atoms with E-state index in [1.54, 1.807) is 13.2 Å². The number of rotatable bonds is 6. The van der Waals surface area contributed by atoms with E-state index in [1.807, 2.05) is 41.2 Å². The van der Waals surface area contributed by atoms with Gasteiger partial charge in [-0.1, -0.05) is 24.3 Å². The number of aryl methyl sites for hydroxylation is 1. The van der Waals surface area contributed by atoms with Gasteiger partial charge in [0.15, 0.2) is 0 Å². The van der Waals surface area contributed by atoms with E-state index in [0.29, 0.717) is 13.1 Å². The maximum Gasteiger partial charge on any atom is 0.255 e. The van der Waals surface area contributed by atoms with Crippen molar-refractivity contribution in [3.63, 3.8) is 0 Å². The van der Waals surface area contributed by atoms with Gasteiger partial charge in [-0.3, -0.25) is 14.2 Å². The van der Waals surface area contributed by atoms with Crippen molar-refractivity contribution in [3.05, 3.63) is 95.4 Å². The van der Waals surface area contributed by atoms with Crippen LogP contribution in [0.25, 0.3) is 11.3 Å². The summed E-state index contributed by atoms with van der Waals surface area (Å²) in [7, 11) is 1.64. The van der Waals surface area contributed by atoms with Crippen LogP contribution in [0.1, 0.15) is 21.5 Å². The van der Waals surface area contributed by atoms with Gasteiger partial charge in [0.05, 0.1) is 12.1 Å². The number of carbonyl (C=O) groups is 1. The zero-order valence-electron chi connectivity index (χ0n) is 16.2. The fourth-order valence-electron chi connectivity index (χ4n) is 3.23. The number of nitrogens with one attached hydrogen (secondary N) is 1. The first-order valence-electron chi connectivity index (χ1n) is 9.32. The lowest BCUT2D eigenvalue weighted by atomic mass is 10.1. The monoisotopic (exact) mass is 407 g/mol. The van der Waals surface area contributed by atoms with Crippen LogP contribution in [0, 0.1) is 11.6 Å². The van der Waals surface area contributed by atoms with Gasteiger partial charge in [-0.15, -0.1) is 0 Å². The van der Waals surface area contributed by atoms with Crippen LogP contribution < -0.4 is 5.32 Å². The second-order valence-electron chi connectivity index (χ2n) is 6.90. The Balaban J connectivity index is 1.50. The van der Waals surface area contributed by atoms with E-state index in [1.165, 1.54) is 16.9 Å². The van der Waals surface area contributed by atoms with Gasteiger partial charge in [0.25, 0.3) is 5.91 Å². The molecule has 8 heteroatoms. The lowest BCUT2D eigenvalue weighted by Crippen LogP contribution is -2.23. The first kappa shape index (κ1) is 19.5. The summed E-state index contributed by atoms with van der Waals surface area (Å²) in [6.07, 6.45) is 5.12. The normalized spacial score (nSPS) is 10.9. The molecule has 4 rings (SSSR count). The van der Waals surface area contributed by atoms with Crippen LogP contribution in [-0.4, -0.2) is 25.5 Å². The minimum absolute atomic E-state index is 0.0726. The average molecular weight is 407 g/mol. The molecular weight excluding hydrogens is 388 g/mol. The molecule has 0 aliphatic heterocycles. The number of benzene rings is 2. The third-order valence-corrected chi connectivity index (χ3v) is 4.61. The summed E-state index contributed by atoms with van der Waals surface area (Å²) in [6, 6.07) is 12.9. The summed E-state index contributed by atoms with van der Waals surface area (Å²) in [5, 5.41) is 11.2. The van der Waals surface area contributed by atoms with Crippen molar-refractivity contribution < 1.29 is 13.6 Å². The van der Waals surface area contributed by atoms with Crippen molar-refractivity contribution in [3.8, 4) is 11.3 Å². The third kappa shape index (κ3) is 4.27. The van der Waals surface area contributed by atoms with Crippen molar-refractivity contribution >= 4 is 5.91 Å². The van der Waals surface area contributed by atoms with Gasteiger partial charge in [0.1, 0.15) is 17.3 Å². The van der Waals surface area contributed by atoms with E-state index in [0.717, 1.165) is 23.3 Å². The van der Waals surface area contributed by atoms with E-state index in [2.05, 4.69) is 15.5 Å². The quantitative estimate of drug-likeness (QED) is 0.532. The molecule has 30 heavy (non-hydrogen) atoms. The second kappa shape index (κ2) is 8.28. The summed E-state index contributed by atoms with van der Waals surface area (Å²) in [4.78, 5) is 12.8. The topological polar surface area (TPSA) is 64.7 Å². The third-order valence-electron chi connectivity index (χ3n) is 4.61. The van der Waals surface area contributed by atoms with Crippen LogP contribution >= 0.6 is 0 Å². The summed E-state index contributed by atoms with van der Waals surface area (Å²) < 4.78 is 30.7. The molecule has 0 radical (unpaired) electrons. The van der Waals surface area contributed by atoms with E-state index in [4.69, 9.17) is 0 Å². The van der Waals surface area contributed by atoms with Crippen LogP contribution in [-0.2, 0) is 20.1 Å². The van der Waals surface area contributed by atoms with Crippen LogP contribution in [0.2, 0.25) is 0 Å². The fraction of sp³-hybridized carbons (Fsp3) is 0.136. The Morgan fingerprint density at radius 3 is 2.70 bits per heavy atom. The number of nitrogens with zero attached hydrogens (tertiary/aromatic N) is 4. The Labute approximate surface area is 171 Å². The number of aromatic nitrogens is 4. The standard InChI is InChI=1S/C22H19F2N5O/c1-28-14-19(21(27-28)18-7-6-17(23)11-20(18)24)22(30)25-12-15-4-2-5-16(10-15)13-29-9-3-8-26-29/h2-11,14H,12-13H2,1H3,(H,25,30). The molecule has 0 spiro atoms. The van der Waals surface area contributed by atoms with Gasteiger partial charge in [-0.2, -0.15) is 10.2 Å². The number of carbonyl (C=O) groups excluding carboxylic acids is 1. The first-order chi connectivity index (χ1) is 14.5. The molecule has 2 aromatic carbocycles. The zero-order chi connectivity index (χ0) is 21.1. The minimum atomic E-state index is -0.769. The molecule has 2 heterocycles. The molecular formula is C22H19F2N5O. The lowest BCUT2D eigenvalue weighted by Gasteiger charge is -2.08. The Bertz CT molecular complexity index is 1180. The van der Waals surface area contributed by atoms with Gasteiger partial charge in [0, 0.05) is 43.8 Å². The van der Waals surface area contributed by atoms with E-state index < -0.39 is 11.6 Å². The Kier molecular flexibility index (Phi) is 5.38. The Morgan fingerprint density at radius 1 is 1.10 bits per heavy atom. The van der Waals surface area contributed by atoms with Crippen molar-refractivity contribution in [1.29, 1.82) is 0 Å². The maximum absolute atomic E-state index is 14.2. The second-order valence-corrected chi connectivity index (χ2v) is 6.90. The average Bonchev–Trinajstić information content (AvgIpc) is 3.36. The van der Waals surface area contributed by atoms with Gasteiger partial charge in [-0.05, 0) is 29.3 Å². The molecule has 0 unspecified atom stereocenters. The van der Waals surface area contributed by atoms with Gasteiger partial charge < -0.3 is 5.32 Å². The van der Waals surface area contributed by atoms with E-state index in [9.17, 15) is 13.6 Å². The largest absolute Gasteiger partial charge is 0.348 e. The van der Waals surface area contributed by atoms with Crippen LogP contribution in [0.4, 0.5) is 8.78 Å². The smallest absolute Gasteiger partial charge is 0.255 e. The van der Waals surface area contributed by atoms with E-state index in [-0.39, 0.29) is 22.7 Å². The predicted molar refractivity (Wildman–Crippen MR) is 108 cm³/mol. The van der Waals surface area contributed by atoms with Crippen molar-refractivity contribution in [2.45, 2.75) is 13.1 Å². The summed E-state index contributed by atoms with van der Waals surface area (Å²) in [6.45, 7) is 0.928. The molecule has 0 saturated heterocycles. The highest BCUT2D eigenvalue weighted by atomic mass is 19.1. The highest BCUT2D eigenvalue weighted by Gasteiger charge is 2.20. The molecule has 0 fully saturated rings. The van der Waals surface area contributed by atoms with Gasteiger partial charge in [-0.25, -0.2) is 8.78 Å². The molecule has 1 amide bonds. The highest BCUT2D eigenvalue weighted by Crippen LogP contribution is 2.25. The summed E-state index contributed by atoms with van der Waals surface area (Å²) in [5.41, 5.74) is 2.44. The van der Waals surface area contributed by atoms with Gasteiger partial charge in [0.2, 0.25) is 0 Å². The Morgan fingerprint density at radius 2 is 1.93 bits per heavy atom. The molecule has 6 nitrogen and oxygen atoms in total. The zero-order valence-corrected chi connectivity index (χ0v) is 16.2. The van der Waals surface area contributed by atoms with Crippen LogP contribution in [0.3, 0.4) is 0 Å². The molecule has 0 atom stereocenters.